The fraction of sp³-hybridized carbons (Fsp3) is 0.412. The highest BCUT2D eigenvalue weighted by Crippen LogP contribution is 2.27. The van der Waals surface area contributed by atoms with E-state index in [1.807, 2.05) is 32.0 Å². The lowest BCUT2D eigenvalue weighted by Crippen LogP contribution is -2.44. The van der Waals surface area contributed by atoms with Gasteiger partial charge in [0.2, 0.25) is 5.91 Å². The highest BCUT2D eigenvalue weighted by Gasteiger charge is 2.16. The molecule has 3 N–H and O–H groups in total. The van der Waals surface area contributed by atoms with Crippen molar-refractivity contribution in [2.45, 2.75) is 33.2 Å². The molecule has 22 heavy (non-hydrogen) atoms. The van der Waals surface area contributed by atoms with E-state index in [1.165, 1.54) is 4.88 Å². The fourth-order valence-corrected chi connectivity index (χ4v) is 3.09. The Morgan fingerprint density at radius 1 is 1.32 bits per heavy atom. The van der Waals surface area contributed by atoms with Gasteiger partial charge in [-0.05, 0) is 12.8 Å². The highest BCUT2D eigenvalue weighted by atomic mass is 32.1. The fourth-order valence-electron chi connectivity index (χ4n) is 2.14. The number of aromatic nitrogens is 1. The van der Waals surface area contributed by atoms with Crippen LogP contribution in [0.3, 0.4) is 0 Å². The monoisotopic (exact) mass is 317 g/mol. The summed E-state index contributed by atoms with van der Waals surface area (Å²) in [4.78, 5) is 17.7. The molecule has 1 aromatic carbocycles. The summed E-state index contributed by atoms with van der Waals surface area (Å²) in [5, 5.41) is 3.92. The van der Waals surface area contributed by atoms with Gasteiger partial charge in [0.05, 0.1) is 16.7 Å². The van der Waals surface area contributed by atoms with Crippen LogP contribution in [-0.4, -0.2) is 23.5 Å². The summed E-state index contributed by atoms with van der Waals surface area (Å²) in [6, 6.07) is 9.71. The molecule has 5 heteroatoms. The minimum absolute atomic E-state index is 0.0911. The second-order valence-corrected chi connectivity index (χ2v) is 6.98. The van der Waals surface area contributed by atoms with E-state index in [-0.39, 0.29) is 11.8 Å². The number of hydrogen-bond acceptors (Lipinski definition) is 4. The number of aryl methyl sites for hydroxylation is 1. The SMILES string of the molecule is Cc1sc(CCNC(=O)[C@@H](N)C(C)C)nc1-c1ccccc1. The van der Waals surface area contributed by atoms with Gasteiger partial charge in [-0.15, -0.1) is 11.3 Å². The molecule has 0 spiro atoms. The Labute approximate surface area is 135 Å². The molecule has 4 nitrogen and oxygen atoms in total. The first kappa shape index (κ1) is 16.6. The molecule has 0 unspecified atom stereocenters. The number of nitrogens with two attached hydrogens (primary N) is 1. The molecule has 0 saturated carbocycles. The number of benzene rings is 1. The zero-order chi connectivity index (χ0) is 16.1. The molecule has 2 aromatic rings. The number of carbonyl (C=O) groups is 1. The van der Waals surface area contributed by atoms with E-state index < -0.39 is 6.04 Å². The lowest BCUT2D eigenvalue weighted by atomic mass is 10.1. The molecule has 0 radical (unpaired) electrons. The van der Waals surface area contributed by atoms with E-state index in [0.717, 1.165) is 22.7 Å². The zero-order valence-corrected chi connectivity index (χ0v) is 14.1. The topological polar surface area (TPSA) is 68.0 Å². The number of hydrogen-bond donors (Lipinski definition) is 2. The summed E-state index contributed by atoms with van der Waals surface area (Å²) in [7, 11) is 0. The van der Waals surface area contributed by atoms with Crippen LogP contribution in [0.5, 0.6) is 0 Å². The molecule has 0 fully saturated rings. The predicted molar refractivity (Wildman–Crippen MR) is 91.8 cm³/mol. The van der Waals surface area contributed by atoms with Gasteiger partial charge in [0.1, 0.15) is 0 Å². The molecule has 0 bridgehead atoms. The van der Waals surface area contributed by atoms with Gasteiger partial charge in [-0.3, -0.25) is 4.79 Å². The van der Waals surface area contributed by atoms with Crippen LogP contribution in [0.25, 0.3) is 11.3 Å². The van der Waals surface area contributed by atoms with E-state index in [1.54, 1.807) is 11.3 Å². The van der Waals surface area contributed by atoms with Gasteiger partial charge in [0, 0.05) is 23.4 Å². The van der Waals surface area contributed by atoms with Gasteiger partial charge in [0.25, 0.3) is 0 Å². The Balaban J connectivity index is 1.94. The Bertz CT molecular complexity index is 622. The number of nitrogens with one attached hydrogen (secondary N) is 1. The van der Waals surface area contributed by atoms with Crippen LogP contribution in [0.1, 0.15) is 23.7 Å². The third-order valence-corrected chi connectivity index (χ3v) is 4.58. The number of amides is 1. The third-order valence-electron chi connectivity index (χ3n) is 3.55. The Hall–Kier alpha value is -1.72. The van der Waals surface area contributed by atoms with Crippen molar-refractivity contribution in [3.63, 3.8) is 0 Å². The molecular weight excluding hydrogens is 294 g/mol. The van der Waals surface area contributed by atoms with Crippen molar-refractivity contribution in [2.24, 2.45) is 11.7 Å². The summed E-state index contributed by atoms with van der Waals surface area (Å²) in [5.41, 5.74) is 7.98. The van der Waals surface area contributed by atoms with Crippen molar-refractivity contribution in [3.8, 4) is 11.3 Å². The van der Waals surface area contributed by atoms with Crippen molar-refractivity contribution < 1.29 is 4.79 Å². The summed E-state index contributed by atoms with van der Waals surface area (Å²) in [5.74, 6) is 0.0540. The summed E-state index contributed by atoms with van der Waals surface area (Å²) < 4.78 is 0. The first-order chi connectivity index (χ1) is 10.5. The van der Waals surface area contributed by atoms with Crippen LogP contribution in [0.2, 0.25) is 0 Å². The van der Waals surface area contributed by atoms with E-state index in [4.69, 9.17) is 10.7 Å². The summed E-state index contributed by atoms with van der Waals surface area (Å²) in [6.07, 6.45) is 0.731. The number of thiazole rings is 1. The minimum atomic E-state index is -0.446. The average Bonchev–Trinajstić information content (AvgIpc) is 2.88. The van der Waals surface area contributed by atoms with Gasteiger partial charge in [-0.2, -0.15) is 0 Å². The summed E-state index contributed by atoms with van der Waals surface area (Å²) in [6.45, 7) is 6.54. The van der Waals surface area contributed by atoms with Gasteiger partial charge in [0.15, 0.2) is 0 Å². The maximum absolute atomic E-state index is 11.8. The molecule has 0 aliphatic carbocycles. The van der Waals surface area contributed by atoms with E-state index in [0.29, 0.717) is 6.54 Å². The molecule has 1 heterocycles. The molecule has 118 valence electrons. The lowest BCUT2D eigenvalue weighted by molar-refractivity contribution is -0.123. The van der Waals surface area contributed by atoms with Gasteiger partial charge >= 0.3 is 0 Å². The van der Waals surface area contributed by atoms with Crippen LogP contribution in [-0.2, 0) is 11.2 Å². The highest BCUT2D eigenvalue weighted by molar-refractivity contribution is 7.12. The Kier molecular flexibility index (Phi) is 5.69. The lowest BCUT2D eigenvalue weighted by Gasteiger charge is -2.14. The minimum Gasteiger partial charge on any atom is -0.354 e. The molecule has 2 rings (SSSR count). The zero-order valence-electron chi connectivity index (χ0n) is 13.3. The molecular formula is C17H23N3OS. The van der Waals surface area contributed by atoms with Crippen molar-refractivity contribution in [1.82, 2.24) is 10.3 Å². The van der Waals surface area contributed by atoms with Crippen molar-refractivity contribution in [2.75, 3.05) is 6.54 Å². The molecule has 0 saturated heterocycles. The first-order valence-corrected chi connectivity index (χ1v) is 8.35. The van der Waals surface area contributed by atoms with E-state index in [9.17, 15) is 4.79 Å². The second kappa shape index (κ2) is 7.51. The molecule has 0 aliphatic rings. The van der Waals surface area contributed by atoms with Crippen LogP contribution in [0, 0.1) is 12.8 Å². The van der Waals surface area contributed by atoms with Crippen LogP contribution < -0.4 is 11.1 Å². The maximum atomic E-state index is 11.8. The number of carbonyl (C=O) groups excluding carboxylic acids is 1. The first-order valence-electron chi connectivity index (χ1n) is 7.54. The van der Waals surface area contributed by atoms with E-state index >= 15 is 0 Å². The predicted octanol–water partition coefficient (Wildman–Crippen LogP) is 2.76. The number of rotatable bonds is 6. The van der Waals surface area contributed by atoms with Crippen molar-refractivity contribution >= 4 is 17.2 Å². The standard InChI is InChI=1S/C17H23N3OS/c1-11(2)15(18)17(21)19-10-9-14-20-16(12(3)22-14)13-7-5-4-6-8-13/h4-8,11,15H,9-10,18H2,1-3H3,(H,19,21)/t15-/m0/s1. The second-order valence-electron chi connectivity index (χ2n) is 5.69. The Morgan fingerprint density at radius 3 is 2.64 bits per heavy atom. The smallest absolute Gasteiger partial charge is 0.237 e. The van der Waals surface area contributed by atoms with Crippen molar-refractivity contribution in [3.05, 3.63) is 40.2 Å². The molecule has 1 atom stereocenters. The molecule has 1 amide bonds. The van der Waals surface area contributed by atoms with Crippen LogP contribution in [0.4, 0.5) is 0 Å². The largest absolute Gasteiger partial charge is 0.354 e. The molecule has 1 aromatic heterocycles. The quantitative estimate of drug-likeness (QED) is 0.861. The van der Waals surface area contributed by atoms with Gasteiger partial charge < -0.3 is 11.1 Å². The van der Waals surface area contributed by atoms with Crippen LogP contribution in [0.15, 0.2) is 30.3 Å². The van der Waals surface area contributed by atoms with Gasteiger partial charge in [-0.25, -0.2) is 4.98 Å². The molecule has 0 aliphatic heterocycles. The normalized spacial score (nSPS) is 12.4. The van der Waals surface area contributed by atoms with Crippen molar-refractivity contribution in [1.29, 1.82) is 0 Å². The van der Waals surface area contributed by atoms with Gasteiger partial charge in [-0.1, -0.05) is 44.2 Å². The number of nitrogens with zero attached hydrogens (tertiary/aromatic N) is 1. The maximum Gasteiger partial charge on any atom is 0.237 e. The van der Waals surface area contributed by atoms with E-state index in [2.05, 4.69) is 24.4 Å². The summed E-state index contributed by atoms with van der Waals surface area (Å²) >= 11 is 1.68. The Morgan fingerprint density at radius 2 is 2.00 bits per heavy atom. The third kappa shape index (κ3) is 4.15. The average molecular weight is 317 g/mol. The van der Waals surface area contributed by atoms with Crippen LogP contribution >= 0.6 is 11.3 Å².